The van der Waals surface area contributed by atoms with Gasteiger partial charge < -0.3 is 15.3 Å². The van der Waals surface area contributed by atoms with Gasteiger partial charge in [0.15, 0.2) is 0 Å². The van der Waals surface area contributed by atoms with Crippen molar-refractivity contribution >= 4 is 23.3 Å². The Morgan fingerprint density at radius 1 is 1.52 bits per heavy atom. The van der Waals surface area contributed by atoms with E-state index in [0.29, 0.717) is 13.0 Å². The van der Waals surface area contributed by atoms with Crippen LogP contribution in [0.15, 0.2) is 5.38 Å². The summed E-state index contributed by atoms with van der Waals surface area (Å²) < 4.78 is 0. The molecule has 116 valence electrons. The van der Waals surface area contributed by atoms with Gasteiger partial charge in [0.05, 0.1) is 12.0 Å². The minimum atomic E-state index is -0.831. The van der Waals surface area contributed by atoms with Gasteiger partial charge >= 0.3 is 12.0 Å². The number of nitrogens with one attached hydrogen (secondary N) is 1. The van der Waals surface area contributed by atoms with Crippen LogP contribution in [0.5, 0.6) is 0 Å². The zero-order valence-corrected chi connectivity index (χ0v) is 13.3. The van der Waals surface area contributed by atoms with Gasteiger partial charge in [0, 0.05) is 24.2 Å². The van der Waals surface area contributed by atoms with E-state index in [-0.39, 0.29) is 24.5 Å². The largest absolute Gasteiger partial charge is 0.481 e. The molecule has 7 heteroatoms. The van der Waals surface area contributed by atoms with Crippen molar-refractivity contribution in [2.75, 3.05) is 13.1 Å². The minimum Gasteiger partial charge on any atom is -0.481 e. The molecule has 0 radical (unpaired) electrons. The molecule has 2 rings (SSSR count). The highest BCUT2D eigenvalue weighted by molar-refractivity contribution is 7.09. The summed E-state index contributed by atoms with van der Waals surface area (Å²) in [5, 5.41) is 14.9. The molecule has 2 N–H and O–H groups in total. The van der Waals surface area contributed by atoms with E-state index in [2.05, 4.69) is 10.3 Å². The minimum absolute atomic E-state index is 0.170. The van der Waals surface area contributed by atoms with Gasteiger partial charge in [0.2, 0.25) is 0 Å². The van der Waals surface area contributed by atoms with Crippen LogP contribution in [0.4, 0.5) is 4.79 Å². The Morgan fingerprint density at radius 3 is 2.81 bits per heavy atom. The van der Waals surface area contributed by atoms with Crippen molar-refractivity contribution in [2.45, 2.75) is 33.2 Å². The number of carboxylic acid groups (broad SMARTS) is 1. The zero-order valence-electron chi connectivity index (χ0n) is 12.5. The number of nitrogens with zero attached hydrogens (tertiary/aromatic N) is 2. The molecule has 1 aromatic heterocycles. The summed E-state index contributed by atoms with van der Waals surface area (Å²) >= 11 is 1.51. The summed E-state index contributed by atoms with van der Waals surface area (Å²) in [4.78, 5) is 29.4. The molecular formula is C14H21N3O3S. The summed E-state index contributed by atoms with van der Waals surface area (Å²) in [6.07, 6.45) is 0.625. The van der Waals surface area contributed by atoms with Crippen molar-refractivity contribution in [1.29, 1.82) is 0 Å². The molecule has 2 amide bonds. The monoisotopic (exact) mass is 311 g/mol. The number of likely N-dealkylation sites (tertiary alicyclic amines) is 1. The topological polar surface area (TPSA) is 82.5 Å². The lowest BCUT2D eigenvalue weighted by atomic mass is 9.91. The number of thiazole rings is 1. The highest BCUT2D eigenvalue weighted by atomic mass is 32.1. The highest BCUT2D eigenvalue weighted by Gasteiger charge is 2.32. The van der Waals surface area contributed by atoms with Gasteiger partial charge in [0.1, 0.15) is 5.01 Å². The van der Waals surface area contributed by atoms with Crippen molar-refractivity contribution in [3.8, 4) is 0 Å². The van der Waals surface area contributed by atoms with Crippen LogP contribution in [-0.2, 0) is 4.79 Å². The fraction of sp³-hybridized carbons (Fsp3) is 0.643. The molecule has 6 nitrogen and oxygen atoms in total. The molecule has 2 heterocycles. The Morgan fingerprint density at radius 2 is 2.24 bits per heavy atom. The first-order valence-corrected chi connectivity index (χ1v) is 7.95. The number of carboxylic acids is 1. The molecule has 0 aromatic carbocycles. The van der Waals surface area contributed by atoms with E-state index in [1.54, 1.807) is 4.90 Å². The molecular weight excluding hydrogens is 290 g/mol. The van der Waals surface area contributed by atoms with Crippen LogP contribution in [0.2, 0.25) is 0 Å². The fourth-order valence-electron chi connectivity index (χ4n) is 2.61. The number of aromatic nitrogens is 1. The van der Waals surface area contributed by atoms with Crippen LogP contribution in [0.1, 0.15) is 37.0 Å². The van der Waals surface area contributed by atoms with Crippen LogP contribution < -0.4 is 5.32 Å². The summed E-state index contributed by atoms with van der Waals surface area (Å²) in [5.41, 5.74) is 0.939. The SMILES string of the molecule is Cc1csc(C(C)NC(=O)N2CC(C)CC(C(=O)O)C2)n1. The Bertz CT molecular complexity index is 531. The van der Waals surface area contributed by atoms with E-state index in [9.17, 15) is 9.59 Å². The van der Waals surface area contributed by atoms with Gasteiger partial charge in [-0.1, -0.05) is 6.92 Å². The van der Waals surface area contributed by atoms with Crippen molar-refractivity contribution in [2.24, 2.45) is 11.8 Å². The second kappa shape index (κ2) is 6.43. The Kier molecular flexibility index (Phi) is 4.82. The number of rotatable bonds is 3. The second-order valence-electron chi connectivity index (χ2n) is 5.78. The number of aryl methyl sites for hydroxylation is 1. The third kappa shape index (κ3) is 3.93. The molecule has 1 aliphatic rings. The number of carbonyl (C=O) groups excluding carboxylic acids is 1. The summed E-state index contributed by atoms with van der Waals surface area (Å²) in [7, 11) is 0. The Hall–Kier alpha value is -1.63. The lowest BCUT2D eigenvalue weighted by Crippen LogP contribution is -2.49. The van der Waals surface area contributed by atoms with Gasteiger partial charge in [0.25, 0.3) is 0 Å². The normalized spacial score (nSPS) is 23.7. The number of carbonyl (C=O) groups is 2. The van der Waals surface area contributed by atoms with E-state index < -0.39 is 11.9 Å². The van der Waals surface area contributed by atoms with E-state index in [1.807, 2.05) is 26.2 Å². The molecule has 3 atom stereocenters. The van der Waals surface area contributed by atoms with Gasteiger partial charge in [-0.2, -0.15) is 0 Å². The summed E-state index contributed by atoms with van der Waals surface area (Å²) in [5.74, 6) is -1.11. The molecule has 3 unspecified atom stereocenters. The molecule has 1 aliphatic heterocycles. The molecule has 0 aliphatic carbocycles. The predicted molar refractivity (Wildman–Crippen MR) is 80.3 cm³/mol. The molecule has 0 saturated carbocycles. The highest BCUT2D eigenvalue weighted by Crippen LogP contribution is 2.23. The number of urea groups is 1. The quantitative estimate of drug-likeness (QED) is 0.897. The first-order valence-electron chi connectivity index (χ1n) is 7.07. The number of hydrogen-bond donors (Lipinski definition) is 2. The molecule has 0 spiro atoms. The van der Waals surface area contributed by atoms with Crippen LogP contribution in [-0.4, -0.2) is 40.1 Å². The number of aliphatic carboxylic acids is 1. The van der Waals surface area contributed by atoms with Crippen molar-refractivity contribution in [3.05, 3.63) is 16.1 Å². The maximum Gasteiger partial charge on any atom is 0.317 e. The third-order valence-corrected chi connectivity index (χ3v) is 4.79. The first kappa shape index (κ1) is 15.8. The average molecular weight is 311 g/mol. The van der Waals surface area contributed by atoms with E-state index in [1.165, 1.54) is 11.3 Å². The fourth-order valence-corrected chi connectivity index (χ4v) is 3.41. The zero-order chi connectivity index (χ0) is 15.6. The smallest absolute Gasteiger partial charge is 0.317 e. The van der Waals surface area contributed by atoms with Crippen molar-refractivity contribution < 1.29 is 14.7 Å². The molecule has 0 bridgehead atoms. The lowest BCUT2D eigenvalue weighted by Gasteiger charge is -2.35. The summed E-state index contributed by atoms with van der Waals surface area (Å²) in [6.45, 7) is 6.65. The Balaban J connectivity index is 1.97. The van der Waals surface area contributed by atoms with Gasteiger partial charge in [-0.3, -0.25) is 4.79 Å². The van der Waals surface area contributed by atoms with Crippen LogP contribution >= 0.6 is 11.3 Å². The van der Waals surface area contributed by atoms with Crippen molar-refractivity contribution in [3.63, 3.8) is 0 Å². The third-order valence-electron chi connectivity index (χ3n) is 3.64. The first-order chi connectivity index (χ1) is 9.86. The van der Waals surface area contributed by atoms with E-state index in [0.717, 1.165) is 10.7 Å². The second-order valence-corrected chi connectivity index (χ2v) is 6.67. The van der Waals surface area contributed by atoms with Gasteiger partial charge in [-0.25, -0.2) is 9.78 Å². The maximum absolute atomic E-state index is 12.3. The van der Waals surface area contributed by atoms with Gasteiger partial charge in [-0.15, -0.1) is 11.3 Å². The predicted octanol–water partition coefficient (Wildman–Crippen LogP) is 2.26. The molecule has 21 heavy (non-hydrogen) atoms. The standard InChI is InChI=1S/C14H21N3O3S/c1-8-4-11(13(18)19)6-17(5-8)14(20)16-10(3)12-15-9(2)7-21-12/h7-8,10-11H,4-6H2,1-3H3,(H,16,20)(H,18,19). The molecule has 1 aromatic rings. The van der Waals surface area contributed by atoms with Gasteiger partial charge in [-0.05, 0) is 26.2 Å². The number of piperidine rings is 1. The molecule has 1 fully saturated rings. The number of amides is 2. The maximum atomic E-state index is 12.3. The lowest BCUT2D eigenvalue weighted by molar-refractivity contribution is -0.143. The molecule has 1 saturated heterocycles. The summed E-state index contributed by atoms with van der Waals surface area (Å²) in [6, 6.07) is -0.384. The van der Waals surface area contributed by atoms with Crippen LogP contribution in [0.25, 0.3) is 0 Å². The van der Waals surface area contributed by atoms with Crippen molar-refractivity contribution in [1.82, 2.24) is 15.2 Å². The van der Waals surface area contributed by atoms with Crippen LogP contribution in [0.3, 0.4) is 0 Å². The van der Waals surface area contributed by atoms with E-state index >= 15 is 0 Å². The number of hydrogen-bond acceptors (Lipinski definition) is 4. The van der Waals surface area contributed by atoms with E-state index in [4.69, 9.17) is 5.11 Å². The van der Waals surface area contributed by atoms with Crippen LogP contribution in [0, 0.1) is 18.8 Å². The average Bonchev–Trinajstić information content (AvgIpc) is 2.84. The Labute approximate surface area is 128 Å².